The zero-order chi connectivity index (χ0) is 18.5. The summed E-state index contributed by atoms with van der Waals surface area (Å²) in [6.07, 6.45) is 0.669. The number of benzene rings is 1. The van der Waals surface area contributed by atoms with Gasteiger partial charge in [-0.3, -0.25) is 14.6 Å². The number of hydrogen-bond donors (Lipinski definition) is 1. The molecule has 1 unspecified atom stereocenters. The Hall–Kier alpha value is -2.89. The Morgan fingerprint density at radius 2 is 2.08 bits per heavy atom. The third-order valence-electron chi connectivity index (χ3n) is 4.55. The molecule has 0 spiro atoms. The molecule has 6 nitrogen and oxygen atoms in total. The summed E-state index contributed by atoms with van der Waals surface area (Å²) in [5.74, 6) is 0.359. The summed E-state index contributed by atoms with van der Waals surface area (Å²) in [5.41, 5.74) is 2.34. The zero-order valence-corrected chi connectivity index (χ0v) is 15.1. The van der Waals surface area contributed by atoms with Crippen LogP contribution in [0.4, 0.5) is 0 Å². The van der Waals surface area contributed by atoms with Crippen molar-refractivity contribution in [2.24, 2.45) is 5.92 Å². The Morgan fingerprint density at radius 1 is 1.27 bits per heavy atom. The predicted octanol–water partition coefficient (Wildman–Crippen LogP) is 2.18. The molecule has 1 saturated heterocycles. The van der Waals surface area contributed by atoms with E-state index < -0.39 is 0 Å². The van der Waals surface area contributed by atoms with Gasteiger partial charge in [0.15, 0.2) is 0 Å². The monoisotopic (exact) mass is 353 g/mol. The number of hydrogen-bond acceptors (Lipinski definition) is 4. The molecule has 136 valence electrons. The van der Waals surface area contributed by atoms with Crippen LogP contribution < -0.4 is 10.1 Å². The summed E-state index contributed by atoms with van der Waals surface area (Å²) >= 11 is 0. The number of carbonyl (C=O) groups excluding carboxylic acids is 2. The molecule has 0 radical (unpaired) electrons. The van der Waals surface area contributed by atoms with Crippen molar-refractivity contribution in [3.05, 3.63) is 59.4 Å². The second-order valence-corrected chi connectivity index (χ2v) is 6.46. The number of nitrogens with one attached hydrogen (secondary N) is 1. The summed E-state index contributed by atoms with van der Waals surface area (Å²) in [7, 11) is 1.57. The molecular formula is C20H23N3O3. The molecule has 2 aromatic rings. The summed E-state index contributed by atoms with van der Waals surface area (Å²) < 4.78 is 5.17. The van der Waals surface area contributed by atoms with E-state index in [4.69, 9.17) is 4.74 Å². The van der Waals surface area contributed by atoms with Crippen LogP contribution in [0.5, 0.6) is 5.75 Å². The highest BCUT2D eigenvalue weighted by molar-refractivity contribution is 5.95. The van der Waals surface area contributed by atoms with Gasteiger partial charge >= 0.3 is 0 Å². The van der Waals surface area contributed by atoms with Crippen LogP contribution in [0.2, 0.25) is 0 Å². The quantitative estimate of drug-likeness (QED) is 0.894. The second kappa shape index (κ2) is 7.99. The second-order valence-electron chi connectivity index (χ2n) is 6.46. The maximum Gasteiger partial charge on any atom is 0.254 e. The van der Waals surface area contributed by atoms with E-state index in [2.05, 4.69) is 10.3 Å². The molecular weight excluding hydrogens is 330 g/mol. The standard InChI is InChI=1S/C20H23N3O3/c1-14-5-3-7-17(22-14)12-21-19(24)16-9-10-23(13-16)20(25)15-6-4-8-18(11-15)26-2/h3-8,11,16H,9-10,12-13H2,1-2H3,(H,21,24). The van der Waals surface area contributed by atoms with Crippen molar-refractivity contribution in [2.45, 2.75) is 19.9 Å². The maximum atomic E-state index is 12.6. The van der Waals surface area contributed by atoms with Crippen molar-refractivity contribution in [3.63, 3.8) is 0 Å². The van der Waals surface area contributed by atoms with Crippen molar-refractivity contribution in [2.75, 3.05) is 20.2 Å². The average molecular weight is 353 g/mol. The van der Waals surface area contributed by atoms with E-state index in [9.17, 15) is 9.59 Å². The van der Waals surface area contributed by atoms with Crippen LogP contribution >= 0.6 is 0 Å². The highest BCUT2D eigenvalue weighted by atomic mass is 16.5. The van der Waals surface area contributed by atoms with Gasteiger partial charge in [0.1, 0.15) is 5.75 Å². The number of methoxy groups -OCH3 is 1. The Kier molecular flexibility index (Phi) is 5.51. The SMILES string of the molecule is COc1cccc(C(=O)N2CCC(C(=O)NCc3cccc(C)n3)C2)c1. The molecule has 1 fully saturated rings. The number of likely N-dealkylation sites (tertiary alicyclic amines) is 1. The lowest BCUT2D eigenvalue weighted by molar-refractivity contribution is -0.124. The lowest BCUT2D eigenvalue weighted by atomic mass is 10.1. The van der Waals surface area contributed by atoms with Crippen LogP contribution in [0.3, 0.4) is 0 Å². The first-order chi connectivity index (χ1) is 12.6. The predicted molar refractivity (Wildman–Crippen MR) is 97.8 cm³/mol. The van der Waals surface area contributed by atoms with E-state index in [-0.39, 0.29) is 17.7 Å². The molecule has 1 aromatic carbocycles. The molecule has 2 amide bonds. The molecule has 1 aliphatic heterocycles. The highest BCUT2D eigenvalue weighted by Gasteiger charge is 2.31. The summed E-state index contributed by atoms with van der Waals surface area (Å²) in [5, 5.41) is 2.93. The normalized spacial score (nSPS) is 16.4. The molecule has 1 N–H and O–H groups in total. The molecule has 0 aliphatic carbocycles. The van der Waals surface area contributed by atoms with E-state index in [1.54, 1.807) is 36.3 Å². The van der Waals surface area contributed by atoms with Gasteiger partial charge in [-0.25, -0.2) is 0 Å². The van der Waals surface area contributed by atoms with Crippen LogP contribution in [0.1, 0.15) is 28.2 Å². The molecule has 6 heteroatoms. The van der Waals surface area contributed by atoms with Gasteiger partial charge in [0.2, 0.25) is 5.91 Å². The number of nitrogens with zero attached hydrogens (tertiary/aromatic N) is 2. The van der Waals surface area contributed by atoms with E-state index in [0.717, 1.165) is 11.4 Å². The first-order valence-corrected chi connectivity index (χ1v) is 8.70. The van der Waals surface area contributed by atoms with Gasteiger partial charge in [0.25, 0.3) is 5.91 Å². The van der Waals surface area contributed by atoms with Gasteiger partial charge in [-0.1, -0.05) is 12.1 Å². The van der Waals surface area contributed by atoms with Gasteiger partial charge in [0, 0.05) is 24.3 Å². The number of ether oxygens (including phenoxy) is 1. The maximum absolute atomic E-state index is 12.6. The Labute approximate surface area is 153 Å². The van der Waals surface area contributed by atoms with Crippen LogP contribution in [-0.4, -0.2) is 41.9 Å². The summed E-state index contributed by atoms with van der Waals surface area (Å²) in [6.45, 7) is 3.34. The Morgan fingerprint density at radius 3 is 2.85 bits per heavy atom. The van der Waals surface area contributed by atoms with Crippen LogP contribution in [0.25, 0.3) is 0 Å². The van der Waals surface area contributed by atoms with Crippen LogP contribution in [0, 0.1) is 12.8 Å². The van der Waals surface area contributed by atoms with Crippen molar-refractivity contribution < 1.29 is 14.3 Å². The Balaban J connectivity index is 1.55. The largest absolute Gasteiger partial charge is 0.497 e. The molecule has 1 atom stereocenters. The van der Waals surface area contributed by atoms with Gasteiger partial charge in [-0.05, 0) is 43.7 Å². The van der Waals surface area contributed by atoms with E-state index in [1.165, 1.54) is 0 Å². The van der Waals surface area contributed by atoms with E-state index >= 15 is 0 Å². The van der Waals surface area contributed by atoms with Crippen molar-refractivity contribution in [1.82, 2.24) is 15.2 Å². The number of aryl methyl sites for hydroxylation is 1. The number of amides is 2. The van der Waals surface area contributed by atoms with Gasteiger partial charge in [-0.2, -0.15) is 0 Å². The van der Waals surface area contributed by atoms with Crippen molar-refractivity contribution in [1.29, 1.82) is 0 Å². The number of pyridine rings is 1. The van der Waals surface area contributed by atoms with E-state index in [0.29, 0.717) is 37.4 Å². The van der Waals surface area contributed by atoms with Gasteiger partial charge in [-0.15, -0.1) is 0 Å². The number of rotatable bonds is 5. The third kappa shape index (κ3) is 4.20. The molecule has 1 aromatic heterocycles. The lowest BCUT2D eigenvalue weighted by Gasteiger charge is -2.17. The van der Waals surface area contributed by atoms with Gasteiger partial charge in [0.05, 0.1) is 25.3 Å². The van der Waals surface area contributed by atoms with E-state index in [1.807, 2.05) is 25.1 Å². The number of aromatic nitrogens is 1. The molecule has 0 saturated carbocycles. The first kappa shape index (κ1) is 17.9. The number of carbonyl (C=O) groups is 2. The fourth-order valence-corrected chi connectivity index (χ4v) is 3.12. The minimum Gasteiger partial charge on any atom is -0.497 e. The van der Waals surface area contributed by atoms with Crippen LogP contribution in [0.15, 0.2) is 42.5 Å². The highest BCUT2D eigenvalue weighted by Crippen LogP contribution is 2.21. The molecule has 1 aliphatic rings. The summed E-state index contributed by atoms with van der Waals surface area (Å²) in [4.78, 5) is 31.1. The van der Waals surface area contributed by atoms with Crippen molar-refractivity contribution in [3.8, 4) is 5.75 Å². The minimum atomic E-state index is -0.186. The fourth-order valence-electron chi connectivity index (χ4n) is 3.12. The molecule has 2 heterocycles. The fraction of sp³-hybridized carbons (Fsp3) is 0.350. The minimum absolute atomic E-state index is 0.0331. The molecule has 26 heavy (non-hydrogen) atoms. The average Bonchev–Trinajstić information content (AvgIpc) is 3.16. The lowest BCUT2D eigenvalue weighted by Crippen LogP contribution is -2.34. The smallest absolute Gasteiger partial charge is 0.254 e. The molecule has 0 bridgehead atoms. The first-order valence-electron chi connectivity index (χ1n) is 8.70. The molecule has 3 rings (SSSR count). The third-order valence-corrected chi connectivity index (χ3v) is 4.55. The topological polar surface area (TPSA) is 71.5 Å². The summed E-state index contributed by atoms with van der Waals surface area (Å²) in [6, 6.07) is 12.8. The Bertz CT molecular complexity index is 806. The van der Waals surface area contributed by atoms with Crippen molar-refractivity contribution >= 4 is 11.8 Å². The van der Waals surface area contributed by atoms with Gasteiger partial charge < -0.3 is 15.0 Å². The van der Waals surface area contributed by atoms with Crippen LogP contribution in [-0.2, 0) is 11.3 Å². The zero-order valence-electron chi connectivity index (χ0n) is 15.1.